The van der Waals surface area contributed by atoms with E-state index in [1.807, 2.05) is 19.2 Å². The molecule has 0 bridgehead atoms. The van der Waals surface area contributed by atoms with Gasteiger partial charge in [0.1, 0.15) is 0 Å². The fourth-order valence-corrected chi connectivity index (χ4v) is 3.29. The predicted molar refractivity (Wildman–Crippen MR) is 74.1 cm³/mol. The Morgan fingerprint density at radius 1 is 1.47 bits per heavy atom. The Bertz CT molecular complexity index is 565. The van der Waals surface area contributed by atoms with Crippen molar-refractivity contribution in [3.8, 4) is 0 Å². The van der Waals surface area contributed by atoms with E-state index in [0.717, 1.165) is 17.7 Å². The number of anilines is 1. The number of aliphatic hydroxyl groups is 1. The summed E-state index contributed by atoms with van der Waals surface area (Å²) in [7, 11) is 2.00. The highest BCUT2D eigenvalue weighted by atomic mass is 16.3. The molecule has 0 unspecified atom stereocenters. The lowest BCUT2D eigenvalue weighted by Gasteiger charge is -2.41. The molecule has 2 atom stereocenters. The van der Waals surface area contributed by atoms with E-state index in [4.69, 9.17) is 5.73 Å². The van der Waals surface area contributed by atoms with Gasteiger partial charge in [0, 0.05) is 36.2 Å². The van der Waals surface area contributed by atoms with Crippen LogP contribution in [-0.2, 0) is 0 Å². The standard InChI is InChI=1S/C15H18N2O2/c1-17-7-9(8-18)5-11-10-3-2-4-12(16)15(10)14(19)6-13(11)17/h2-5,11,13,18H,6-8,16H2,1H3/t11-,13+/m0/s1. The van der Waals surface area contributed by atoms with Gasteiger partial charge in [-0.25, -0.2) is 0 Å². The molecule has 1 aliphatic heterocycles. The number of carbonyl (C=O) groups excluding carboxylic acids is 1. The number of nitrogens with two attached hydrogens (primary N) is 1. The van der Waals surface area contributed by atoms with E-state index >= 15 is 0 Å². The molecule has 3 N–H and O–H groups in total. The summed E-state index contributed by atoms with van der Waals surface area (Å²) in [6.45, 7) is 0.793. The second-order valence-corrected chi connectivity index (χ2v) is 5.43. The highest BCUT2D eigenvalue weighted by Gasteiger charge is 2.38. The highest BCUT2D eigenvalue weighted by Crippen LogP contribution is 2.40. The number of benzene rings is 1. The van der Waals surface area contributed by atoms with E-state index in [2.05, 4.69) is 11.0 Å². The maximum atomic E-state index is 12.3. The molecule has 0 saturated carbocycles. The van der Waals surface area contributed by atoms with Gasteiger partial charge in [-0.2, -0.15) is 0 Å². The lowest BCUT2D eigenvalue weighted by atomic mass is 9.75. The number of hydrogen-bond donors (Lipinski definition) is 2. The van der Waals surface area contributed by atoms with Crippen LogP contribution in [0.15, 0.2) is 29.8 Å². The van der Waals surface area contributed by atoms with Crippen molar-refractivity contribution >= 4 is 11.5 Å². The molecule has 0 fully saturated rings. The van der Waals surface area contributed by atoms with E-state index in [1.165, 1.54) is 0 Å². The summed E-state index contributed by atoms with van der Waals surface area (Å²) in [5, 5.41) is 9.37. The van der Waals surface area contributed by atoms with Crippen LogP contribution < -0.4 is 5.73 Å². The van der Waals surface area contributed by atoms with Gasteiger partial charge in [0.05, 0.1) is 6.61 Å². The number of nitrogen functional groups attached to an aromatic ring is 1. The molecule has 0 saturated heterocycles. The summed E-state index contributed by atoms with van der Waals surface area (Å²) >= 11 is 0. The van der Waals surface area contributed by atoms with Crippen LogP contribution in [-0.4, -0.2) is 42.0 Å². The average Bonchev–Trinajstić information content (AvgIpc) is 2.39. The number of likely N-dealkylation sites (N-methyl/N-ethyl adjacent to an activating group) is 1. The Morgan fingerprint density at radius 3 is 3.00 bits per heavy atom. The summed E-state index contributed by atoms with van der Waals surface area (Å²) in [5.41, 5.74) is 9.19. The number of hydrogen-bond acceptors (Lipinski definition) is 4. The van der Waals surface area contributed by atoms with Crippen LogP contribution in [0.3, 0.4) is 0 Å². The Labute approximate surface area is 112 Å². The van der Waals surface area contributed by atoms with Crippen LogP contribution in [0.5, 0.6) is 0 Å². The van der Waals surface area contributed by atoms with E-state index in [-0.39, 0.29) is 24.3 Å². The van der Waals surface area contributed by atoms with Gasteiger partial charge in [-0.15, -0.1) is 0 Å². The zero-order valence-corrected chi connectivity index (χ0v) is 11.0. The van der Waals surface area contributed by atoms with Gasteiger partial charge in [0.2, 0.25) is 0 Å². The third-order valence-corrected chi connectivity index (χ3v) is 4.21. The first-order valence-electron chi connectivity index (χ1n) is 6.54. The van der Waals surface area contributed by atoms with E-state index in [9.17, 15) is 9.90 Å². The largest absolute Gasteiger partial charge is 0.398 e. The van der Waals surface area contributed by atoms with Crippen molar-refractivity contribution in [2.24, 2.45) is 0 Å². The fourth-order valence-electron chi connectivity index (χ4n) is 3.29. The van der Waals surface area contributed by atoms with Crippen LogP contribution in [0.4, 0.5) is 5.69 Å². The third kappa shape index (κ3) is 1.88. The molecule has 1 heterocycles. The summed E-state index contributed by atoms with van der Waals surface area (Å²) < 4.78 is 0. The van der Waals surface area contributed by atoms with E-state index < -0.39 is 0 Å². The number of fused-ring (bicyclic) bond motifs is 3. The summed E-state index contributed by atoms with van der Waals surface area (Å²) in [6, 6.07) is 5.83. The van der Waals surface area contributed by atoms with Crippen molar-refractivity contribution in [1.29, 1.82) is 0 Å². The average molecular weight is 258 g/mol. The lowest BCUT2D eigenvalue weighted by molar-refractivity contribution is 0.0900. The van der Waals surface area contributed by atoms with Crippen molar-refractivity contribution in [2.45, 2.75) is 18.4 Å². The molecule has 4 heteroatoms. The van der Waals surface area contributed by atoms with Crippen molar-refractivity contribution in [3.63, 3.8) is 0 Å². The number of Topliss-reactive ketones (excluding diaryl/α,β-unsaturated/α-hetero) is 1. The molecule has 1 aromatic rings. The molecule has 0 radical (unpaired) electrons. The first-order chi connectivity index (χ1) is 9.11. The molecule has 3 rings (SSSR count). The van der Waals surface area contributed by atoms with E-state index in [1.54, 1.807) is 6.07 Å². The first kappa shape index (κ1) is 12.4. The molecular formula is C15H18N2O2. The summed E-state index contributed by atoms with van der Waals surface area (Å²) in [4.78, 5) is 14.4. The van der Waals surface area contributed by atoms with Crippen molar-refractivity contribution < 1.29 is 9.90 Å². The topological polar surface area (TPSA) is 66.6 Å². The van der Waals surface area contributed by atoms with E-state index in [0.29, 0.717) is 17.7 Å². The third-order valence-electron chi connectivity index (χ3n) is 4.21. The number of nitrogens with zero attached hydrogens (tertiary/aromatic N) is 1. The Kier molecular flexibility index (Phi) is 2.92. The molecule has 4 nitrogen and oxygen atoms in total. The Hall–Kier alpha value is -1.65. The maximum Gasteiger partial charge on any atom is 0.166 e. The smallest absolute Gasteiger partial charge is 0.166 e. The number of aliphatic hydroxyl groups excluding tert-OH is 1. The normalized spacial score (nSPS) is 26.6. The van der Waals surface area contributed by atoms with Gasteiger partial charge >= 0.3 is 0 Å². The molecule has 2 aliphatic rings. The second-order valence-electron chi connectivity index (χ2n) is 5.43. The molecule has 0 amide bonds. The van der Waals surface area contributed by atoms with Gasteiger partial charge in [-0.3, -0.25) is 9.69 Å². The quantitative estimate of drug-likeness (QED) is 0.586. The number of carbonyl (C=O) groups is 1. The Balaban J connectivity index is 2.15. The molecule has 0 aromatic heterocycles. The van der Waals surface area contributed by atoms with Gasteiger partial charge in [-0.1, -0.05) is 18.2 Å². The second kappa shape index (κ2) is 4.47. The Morgan fingerprint density at radius 2 is 2.26 bits per heavy atom. The molecule has 0 spiro atoms. The summed E-state index contributed by atoms with van der Waals surface area (Å²) in [6.07, 6.45) is 2.60. The predicted octanol–water partition coefficient (Wildman–Crippen LogP) is 1.17. The number of rotatable bonds is 1. The van der Waals surface area contributed by atoms with Gasteiger partial charge in [-0.05, 0) is 24.3 Å². The van der Waals surface area contributed by atoms with Crippen LogP contribution in [0.1, 0.15) is 28.3 Å². The minimum atomic E-state index is 0.0686. The zero-order chi connectivity index (χ0) is 13.6. The molecule has 1 aliphatic carbocycles. The minimum Gasteiger partial charge on any atom is -0.398 e. The van der Waals surface area contributed by atoms with Crippen LogP contribution >= 0.6 is 0 Å². The maximum absolute atomic E-state index is 12.3. The first-order valence-corrected chi connectivity index (χ1v) is 6.54. The number of ketones is 1. The van der Waals surface area contributed by atoms with Crippen molar-refractivity contribution in [2.75, 3.05) is 25.9 Å². The van der Waals surface area contributed by atoms with Crippen LogP contribution in [0, 0.1) is 0 Å². The van der Waals surface area contributed by atoms with Gasteiger partial charge < -0.3 is 10.8 Å². The zero-order valence-electron chi connectivity index (χ0n) is 11.0. The molecule has 19 heavy (non-hydrogen) atoms. The van der Waals surface area contributed by atoms with Crippen molar-refractivity contribution in [3.05, 3.63) is 41.0 Å². The van der Waals surface area contributed by atoms with Crippen LogP contribution in [0.2, 0.25) is 0 Å². The highest BCUT2D eigenvalue weighted by molar-refractivity contribution is 6.04. The van der Waals surface area contributed by atoms with Crippen LogP contribution in [0.25, 0.3) is 0 Å². The fraction of sp³-hybridized carbons (Fsp3) is 0.400. The van der Waals surface area contributed by atoms with Gasteiger partial charge in [0.25, 0.3) is 0 Å². The lowest BCUT2D eigenvalue weighted by Crippen LogP contribution is -2.45. The summed E-state index contributed by atoms with van der Waals surface area (Å²) in [5.74, 6) is 0.277. The molecule has 100 valence electrons. The monoisotopic (exact) mass is 258 g/mol. The van der Waals surface area contributed by atoms with Crippen molar-refractivity contribution in [1.82, 2.24) is 4.90 Å². The SMILES string of the molecule is CN1CC(CO)=C[C@H]2c3cccc(N)c3C(=O)C[C@H]21. The molecular weight excluding hydrogens is 240 g/mol. The molecule has 1 aromatic carbocycles. The van der Waals surface area contributed by atoms with Gasteiger partial charge in [0.15, 0.2) is 5.78 Å². The minimum absolute atomic E-state index is 0.0686.